The van der Waals surface area contributed by atoms with Gasteiger partial charge in [-0.05, 0) is 13.3 Å². The highest BCUT2D eigenvalue weighted by atomic mass is 16.5. The van der Waals surface area contributed by atoms with Gasteiger partial charge in [-0.2, -0.15) is 0 Å². The maximum Gasteiger partial charge on any atom is 0.325 e. The number of amides is 1. The van der Waals surface area contributed by atoms with Crippen LogP contribution in [0.5, 0.6) is 0 Å². The molecule has 0 aromatic carbocycles. The van der Waals surface area contributed by atoms with Gasteiger partial charge in [0.1, 0.15) is 6.04 Å². The summed E-state index contributed by atoms with van der Waals surface area (Å²) in [6, 6.07) is -0.907. The van der Waals surface area contributed by atoms with E-state index < -0.39 is 12.0 Å². The normalized spacial score (nSPS) is 11.6. The fourth-order valence-corrected chi connectivity index (χ4v) is 0.871. The van der Waals surface area contributed by atoms with Gasteiger partial charge in [-0.15, -0.1) is 0 Å². The molecule has 1 amide bonds. The number of aliphatic carboxylic acids is 1. The van der Waals surface area contributed by atoms with E-state index in [9.17, 15) is 14.4 Å². The quantitative estimate of drug-likeness (QED) is 0.607. The molecule has 0 aliphatic rings. The summed E-state index contributed by atoms with van der Waals surface area (Å²) < 4.78 is 4.39. The number of hydrogen-bond acceptors (Lipinski definition) is 4. The van der Waals surface area contributed by atoms with Gasteiger partial charge in [0.15, 0.2) is 0 Å². The van der Waals surface area contributed by atoms with E-state index in [1.807, 2.05) is 0 Å². The van der Waals surface area contributed by atoms with Crippen LogP contribution in [0.4, 0.5) is 0 Å². The average Bonchev–Trinajstić information content (AvgIpc) is 2.17. The summed E-state index contributed by atoms with van der Waals surface area (Å²) >= 11 is 0. The number of carbonyl (C=O) groups is 3. The van der Waals surface area contributed by atoms with E-state index in [2.05, 4.69) is 10.1 Å². The van der Waals surface area contributed by atoms with Crippen molar-refractivity contribution in [2.75, 3.05) is 7.11 Å². The van der Waals surface area contributed by atoms with Crippen LogP contribution in [-0.2, 0) is 19.1 Å². The molecule has 0 aromatic heterocycles. The van der Waals surface area contributed by atoms with Crippen LogP contribution in [0.3, 0.4) is 0 Å². The second-order valence-electron chi connectivity index (χ2n) is 3.06. The minimum atomic E-state index is -1.09. The molecule has 86 valence electrons. The molecule has 0 spiro atoms. The molecule has 0 radical (unpaired) electrons. The molecule has 15 heavy (non-hydrogen) atoms. The number of esters is 1. The largest absolute Gasteiger partial charge is 0.480 e. The fraction of sp³-hybridized carbons (Fsp3) is 0.667. The van der Waals surface area contributed by atoms with Crippen molar-refractivity contribution in [2.24, 2.45) is 0 Å². The molecule has 6 nitrogen and oxygen atoms in total. The smallest absolute Gasteiger partial charge is 0.325 e. The molecule has 1 atom stereocenters. The topological polar surface area (TPSA) is 92.7 Å². The number of carbonyl (C=O) groups excluding carboxylic acids is 2. The molecular weight excluding hydrogens is 202 g/mol. The summed E-state index contributed by atoms with van der Waals surface area (Å²) in [5.74, 6) is -1.85. The third kappa shape index (κ3) is 6.48. The van der Waals surface area contributed by atoms with Crippen LogP contribution in [0, 0.1) is 0 Å². The van der Waals surface area contributed by atoms with Crippen molar-refractivity contribution in [3.8, 4) is 0 Å². The van der Waals surface area contributed by atoms with Gasteiger partial charge in [0.05, 0.1) is 7.11 Å². The Kier molecular flexibility index (Phi) is 6.08. The van der Waals surface area contributed by atoms with E-state index in [-0.39, 0.29) is 24.7 Å². The van der Waals surface area contributed by atoms with Gasteiger partial charge in [0.2, 0.25) is 5.91 Å². The molecule has 6 heteroatoms. The van der Waals surface area contributed by atoms with Crippen molar-refractivity contribution in [3.63, 3.8) is 0 Å². The van der Waals surface area contributed by atoms with Crippen LogP contribution in [0.25, 0.3) is 0 Å². The summed E-state index contributed by atoms with van der Waals surface area (Å²) in [6.07, 6.45) is 0.628. The van der Waals surface area contributed by atoms with Crippen LogP contribution in [0.1, 0.15) is 26.2 Å². The van der Waals surface area contributed by atoms with Crippen molar-refractivity contribution in [1.82, 2.24) is 5.32 Å². The van der Waals surface area contributed by atoms with Gasteiger partial charge in [0.25, 0.3) is 0 Å². The van der Waals surface area contributed by atoms with Gasteiger partial charge in [-0.3, -0.25) is 14.4 Å². The Hall–Kier alpha value is -1.59. The Morgan fingerprint density at radius 2 is 1.93 bits per heavy atom. The van der Waals surface area contributed by atoms with E-state index in [1.54, 1.807) is 0 Å². The zero-order chi connectivity index (χ0) is 11.8. The van der Waals surface area contributed by atoms with Crippen molar-refractivity contribution in [2.45, 2.75) is 32.2 Å². The Morgan fingerprint density at radius 3 is 2.40 bits per heavy atom. The number of ether oxygens (including phenoxy) is 1. The van der Waals surface area contributed by atoms with Crippen molar-refractivity contribution < 1.29 is 24.2 Å². The third-order valence-electron chi connectivity index (χ3n) is 1.76. The predicted octanol–water partition coefficient (Wildman–Crippen LogP) is -0.0810. The van der Waals surface area contributed by atoms with Gasteiger partial charge >= 0.3 is 11.9 Å². The lowest BCUT2D eigenvalue weighted by Gasteiger charge is -2.08. The number of rotatable bonds is 6. The number of methoxy groups -OCH3 is 1. The van der Waals surface area contributed by atoms with Crippen LogP contribution >= 0.6 is 0 Å². The lowest BCUT2D eigenvalue weighted by Crippen LogP contribution is -2.38. The standard InChI is InChI=1S/C9H15NO5/c1-6(9(13)14)10-7(11)4-3-5-8(12)15-2/h6H,3-5H2,1-2H3,(H,10,11)(H,13,14)/t6-/m0/s1. The van der Waals surface area contributed by atoms with Gasteiger partial charge in [-0.1, -0.05) is 0 Å². The number of carboxylic acid groups (broad SMARTS) is 1. The summed E-state index contributed by atoms with van der Waals surface area (Å²) in [4.78, 5) is 32.2. The fourth-order valence-electron chi connectivity index (χ4n) is 0.871. The minimum Gasteiger partial charge on any atom is -0.480 e. The molecule has 0 unspecified atom stereocenters. The Morgan fingerprint density at radius 1 is 1.33 bits per heavy atom. The van der Waals surface area contributed by atoms with E-state index in [4.69, 9.17) is 5.11 Å². The van der Waals surface area contributed by atoms with Gasteiger partial charge in [-0.25, -0.2) is 0 Å². The van der Waals surface area contributed by atoms with Gasteiger partial charge in [0, 0.05) is 12.8 Å². The lowest BCUT2D eigenvalue weighted by atomic mass is 10.2. The highest BCUT2D eigenvalue weighted by molar-refractivity contribution is 5.83. The second kappa shape index (κ2) is 6.80. The van der Waals surface area contributed by atoms with E-state index in [1.165, 1.54) is 14.0 Å². The molecule has 0 bridgehead atoms. The van der Waals surface area contributed by atoms with E-state index in [0.29, 0.717) is 6.42 Å². The second-order valence-corrected chi connectivity index (χ2v) is 3.06. The molecule has 0 heterocycles. The van der Waals surface area contributed by atoms with Crippen molar-refractivity contribution in [1.29, 1.82) is 0 Å². The maximum absolute atomic E-state index is 11.1. The summed E-state index contributed by atoms with van der Waals surface area (Å²) in [5, 5.41) is 10.8. The Labute approximate surface area is 87.6 Å². The molecule has 0 aliphatic carbocycles. The predicted molar refractivity (Wildman–Crippen MR) is 51.1 cm³/mol. The molecule has 0 fully saturated rings. The van der Waals surface area contributed by atoms with E-state index in [0.717, 1.165) is 0 Å². The van der Waals surface area contributed by atoms with Crippen LogP contribution in [-0.4, -0.2) is 36.1 Å². The molecule has 0 aromatic rings. The molecule has 0 saturated carbocycles. The average molecular weight is 217 g/mol. The molecular formula is C9H15NO5. The number of nitrogens with one attached hydrogen (secondary N) is 1. The molecule has 0 aliphatic heterocycles. The first-order valence-electron chi connectivity index (χ1n) is 4.56. The van der Waals surface area contributed by atoms with Crippen molar-refractivity contribution >= 4 is 17.8 Å². The van der Waals surface area contributed by atoms with Gasteiger partial charge < -0.3 is 15.2 Å². The molecule has 0 rings (SSSR count). The molecule has 2 N–H and O–H groups in total. The van der Waals surface area contributed by atoms with Crippen LogP contribution in [0.15, 0.2) is 0 Å². The molecule has 0 saturated heterocycles. The van der Waals surface area contributed by atoms with Crippen LogP contribution in [0.2, 0.25) is 0 Å². The van der Waals surface area contributed by atoms with E-state index >= 15 is 0 Å². The Bertz CT molecular complexity index is 251. The minimum absolute atomic E-state index is 0.118. The Balaban J connectivity index is 3.67. The highest BCUT2D eigenvalue weighted by Gasteiger charge is 2.13. The highest BCUT2D eigenvalue weighted by Crippen LogP contribution is 1.97. The summed E-state index contributed by atoms with van der Waals surface area (Å²) in [6.45, 7) is 1.38. The number of carboxylic acids is 1. The summed E-state index contributed by atoms with van der Waals surface area (Å²) in [5.41, 5.74) is 0. The van der Waals surface area contributed by atoms with Crippen molar-refractivity contribution in [3.05, 3.63) is 0 Å². The maximum atomic E-state index is 11.1. The first kappa shape index (κ1) is 13.4. The summed E-state index contributed by atoms with van der Waals surface area (Å²) in [7, 11) is 1.27. The SMILES string of the molecule is COC(=O)CCCC(=O)N[C@@H](C)C(=O)O. The monoisotopic (exact) mass is 217 g/mol. The number of hydrogen-bond donors (Lipinski definition) is 2. The first-order chi connectivity index (χ1) is 6.97. The van der Waals surface area contributed by atoms with Crippen LogP contribution < -0.4 is 5.32 Å². The zero-order valence-corrected chi connectivity index (χ0v) is 8.78. The lowest BCUT2D eigenvalue weighted by molar-refractivity contribution is -0.142. The first-order valence-corrected chi connectivity index (χ1v) is 4.56. The zero-order valence-electron chi connectivity index (χ0n) is 8.78. The third-order valence-corrected chi connectivity index (χ3v) is 1.76.